The molecule has 0 radical (unpaired) electrons. The predicted octanol–water partition coefficient (Wildman–Crippen LogP) is 1.86. The molecule has 2 fully saturated rings. The first-order chi connectivity index (χ1) is 9.28. The van der Waals surface area contributed by atoms with Crippen LogP contribution in [0.15, 0.2) is 18.3 Å². The van der Waals surface area contributed by atoms with Crippen LogP contribution in [0.25, 0.3) is 0 Å². The minimum absolute atomic E-state index is 0.202. The highest BCUT2D eigenvalue weighted by molar-refractivity contribution is 5.92. The first-order valence-corrected chi connectivity index (χ1v) is 7.48. The van der Waals surface area contributed by atoms with Gasteiger partial charge in [-0.25, -0.2) is 0 Å². The molecule has 0 aliphatic carbocycles. The van der Waals surface area contributed by atoms with E-state index in [1.165, 1.54) is 12.8 Å². The van der Waals surface area contributed by atoms with Gasteiger partial charge in [-0.1, -0.05) is 6.92 Å². The van der Waals surface area contributed by atoms with Crippen LogP contribution in [0.3, 0.4) is 0 Å². The number of carbonyl (C=O) groups excluding carboxylic acids is 1. The molecule has 19 heavy (non-hydrogen) atoms. The Bertz CT molecular complexity index is 454. The molecular formula is C15H23N3O. The minimum atomic E-state index is 0.202. The molecule has 4 nitrogen and oxygen atoms in total. The summed E-state index contributed by atoms with van der Waals surface area (Å²) >= 11 is 0. The van der Waals surface area contributed by atoms with Crippen LogP contribution in [0.5, 0.6) is 0 Å². The van der Waals surface area contributed by atoms with Crippen molar-refractivity contribution in [1.82, 2.24) is 14.8 Å². The van der Waals surface area contributed by atoms with Crippen molar-refractivity contribution in [2.45, 2.75) is 51.2 Å². The first-order valence-electron chi connectivity index (χ1n) is 7.48. The quantitative estimate of drug-likeness (QED) is 0.902. The van der Waals surface area contributed by atoms with Gasteiger partial charge in [0.1, 0.15) is 5.69 Å². The van der Waals surface area contributed by atoms with Gasteiger partial charge in [0.25, 0.3) is 5.91 Å². The number of amides is 1. The van der Waals surface area contributed by atoms with Gasteiger partial charge < -0.3 is 14.8 Å². The minimum Gasteiger partial charge on any atom is -0.344 e. The summed E-state index contributed by atoms with van der Waals surface area (Å²) in [5.41, 5.74) is 0.847. The molecular weight excluding hydrogens is 238 g/mol. The Kier molecular flexibility index (Phi) is 3.60. The standard InChI is InChI=1S/C15H23N3O/c1-2-8-17-9-3-4-14(17)15(19)18-10-7-12-5-6-13(11-18)16-12/h3-4,9,12-13,16H,2,5-8,10-11H2,1H3. The number of aromatic nitrogens is 1. The van der Waals surface area contributed by atoms with Crippen molar-refractivity contribution in [2.24, 2.45) is 0 Å². The fraction of sp³-hybridized carbons (Fsp3) is 0.667. The van der Waals surface area contributed by atoms with E-state index in [-0.39, 0.29) is 5.91 Å². The van der Waals surface area contributed by atoms with E-state index in [0.717, 1.165) is 38.2 Å². The highest BCUT2D eigenvalue weighted by atomic mass is 16.2. The number of nitrogens with one attached hydrogen (secondary N) is 1. The zero-order valence-electron chi connectivity index (χ0n) is 11.6. The average molecular weight is 261 g/mol. The van der Waals surface area contributed by atoms with Gasteiger partial charge >= 0.3 is 0 Å². The number of aryl methyl sites for hydroxylation is 1. The molecule has 104 valence electrons. The lowest BCUT2D eigenvalue weighted by Gasteiger charge is -2.24. The van der Waals surface area contributed by atoms with Crippen LogP contribution in [0.4, 0.5) is 0 Å². The summed E-state index contributed by atoms with van der Waals surface area (Å²) < 4.78 is 2.08. The van der Waals surface area contributed by atoms with Crippen LogP contribution in [-0.4, -0.2) is 40.5 Å². The van der Waals surface area contributed by atoms with Gasteiger partial charge in [-0.05, 0) is 37.8 Å². The van der Waals surface area contributed by atoms with Crippen molar-refractivity contribution >= 4 is 5.91 Å². The molecule has 3 rings (SSSR count). The molecule has 2 bridgehead atoms. The molecule has 2 saturated heterocycles. The van der Waals surface area contributed by atoms with Gasteiger partial charge in [-0.15, -0.1) is 0 Å². The fourth-order valence-electron chi connectivity index (χ4n) is 3.33. The molecule has 0 spiro atoms. The number of likely N-dealkylation sites (tertiary alicyclic amines) is 1. The SMILES string of the molecule is CCCn1cccc1C(=O)N1CCC2CCC(C1)N2. The van der Waals surface area contributed by atoms with Gasteiger partial charge in [-0.3, -0.25) is 4.79 Å². The molecule has 2 unspecified atom stereocenters. The van der Waals surface area contributed by atoms with Crippen LogP contribution < -0.4 is 5.32 Å². The van der Waals surface area contributed by atoms with Crippen LogP contribution in [-0.2, 0) is 6.54 Å². The maximum Gasteiger partial charge on any atom is 0.270 e. The van der Waals surface area contributed by atoms with E-state index in [0.29, 0.717) is 12.1 Å². The number of hydrogen-bond donors (Lipinski definition) is 1. The number of fused-ring (bicyclic) bond motifs is 2. The summed E-state index contributed by atoms with van der Waals surface area (Å²) in [6.07, 6.45) is 6.65. The third-order valence-corrected chi connectivity index (χ3v) is 4.32. The van der Waals surface area contributed by atoms with Gasteiger partial charge in [0.05, 0.1) is 0 Å². The Morgan fingerprint density at radius 1 is 1.37 bits per heavy atom. The summed E-state index contributed by atoms with van der Waals surface area (Å²) in [7, 11) is 0. The third kappa shape index (κ3) is 2.54. The number of rotatable bonds is 3. The largest absolute Gasteiger partial charge is 0.344 e. The van der Waals surface area contributed by atoms with Crippen molar-refractivity contribution < 1.29 is 4.79 Å². The van der Waals surface area contributed by atoms with E-state index in [2.05, 4.69) is 16.8 Å². The summed E-state index contributed by atoms with van der Waals surface area (Å²) in [5.74, 6) is 0.202. The predicted molar refractivity (Wildman–Crippen MR) is 75.2 cm³/mol. The third-order valence-electron chi connectivity index (χ3n) is 4.32. The Morgan fingerprint density at radius 3 is 3.05 bits per heavy atom. The lowest BCUT2D eigenvalue weighted by atomic mass is 10.1. The van der Waals surface area contributed by atoms with E-state index in [9.17, 15) is 4.79 Å². The van der Waals surface area contributed by atoms with Crippen molar-refractivity contribution in [3.8, 4) is 0 Å². The first kappa shape index (κ1) is 12.7. The van der Waals surface area contributed by atoms with Crippen molar-refractivity contribution in [2.75, 3.05) is 13.1 Å². The molecule has 1 aromatic rings. The summed E-state index contributed by atoms with van der Waals surface area (Å²) in [4.78, 5) is 14.7. The lowest BCUT2D eigenvalue weighted by Crippen LogP contribution is -2.39. The number of carbonyl (C=O) groups is 1. The van der Waals surface area contributed by atoms with E-state index < -0.39 is 0 Å². The average Bonchev–Trinajstić information content (AvgIpc) is 2.96. The van der Waals surface area contributed by atoms with Gasteiger partial charge in [-0.2, -0.15) is 0 Å². The Hall–Kier alpha value is -1.29. The monoisotopic (exact) mass is 261 g/mol. The Morgan fingerprint density at radius 2 is 2.21 bits per heavy atom. The van der Waals surface area contributed by atoms with Crippen LogP contribution in [0.1, 0.15) is 43.1 Å². The molecule has 0 aromatic carbocycles. The highest BCUT2D eigenvalue weighted by Crippen LogP contribution is 2.21. The van der Waals surface area contributed by atoms with E-state index in [1.54, 1.807) is 0 Å². The summed E-state index contributed by atoms with van der Waals surface area (Å²) in [5, 5.41) is 3.62. The molecule has 4 heteroatoms. The van der Waals surface area contributed by atoms with E-state index in [4.69, 9.17) is 0 Å². The second-order valence-corrected chi connectivity index (χ2v) is 5.76. The zero-order valence-corrected chi connectivity index (χ0v) is 11.6. The molecule has 2 aliphatic rings. The molecule has 2 atom stereocenters. The lowest BCUT2D eigenvalue weighted by molar-refractivity contribution is 0.0737. The number of nitrogens with zero attached hydrogens (tertiary/aromatic N) is 2. The second-order valence-electron chi connectivity index (χ2n) is 5.76. The van der Waals surface area contributed by atoms with E-state index >= 15 is 0 Å². The maximum absolute atomic E-state index is 12.7. The van der Waals surface area contributed by atoms with Crippen molar-refractivity contribution in [3.63, 3.8) is 0 Å². The topological polar surface area (TPSA) is 37.3 Å². The van der Waals surface area contributed by atoms with Gasteiger partial charge in [0.15, 0.2) is 0 Å². The van der Waals surface area contributed by atoms with Crippen LogP contribution >= 0.6 is 0 Å². The van der Waals surface area contributed by atoms with Gasteiger partial charge in [0, 0.05) is 37.9 Å². The summed E-state index contributed by atoms with van der Waals surface area (Å²) in [6.45, 7) is 4.83. The molecule has 1 aromatic heterocycles. The molecule has 1 amide bonds. The molecule has 2 aliphatic heterocycles. The zero-order chi connectivity index (χ0) is 13.2. The normalized spacial score (nSPS) is 26.5. The molecule has 0 saturated carbocycles. The van der Waals surface area contributed by atoms with E-state index in [1.807, 2.05) is 23.2 Å². The summed E-state index contributed by atoms with van der Waals surface area (Å²) in [6, 6.07) is 5.07. The van der Waals surface area contributed by atoms with Crippen LogP contribution in [0, 0.1) is 0 Å². The molecule has 1 N–H and O–H groups in total. The Labute approximate surface area is 114 Å². The fourth-order valence-corrected chi connectivity index (χ4v) is 3.33. The Balaban J connectivity index is 1.74. The smallest absolute Gasteiger partial charge is 0.270 e. The second kappa shape index (κ2) is 5.37. The maximum atomic E-state index is 12.7. The van der Waals surface area contributed by atoms with Crippen LogP contribution in [0.2, 0.25) is 0 Å². The van der Waals surface area contributed by atoms with Gasteiger partial charge in [0.2, 0.25) is 0 Å². The molecule has 3 heterocycles. The highest BCUT2D eigenvalue weighted by Gasteiger charge is 2.31. The number of hydrogen-bond acceptors (Lipinski definition) is 2. The van der Waals surface area contributed by atoms with Crippen molar-refractivity contribution in [3.05, 3.63) is 24.0 Å². The van der Waals surface area contributed by atoms with Crippen molar-refractivity contribution in [1.29, 1.82) is 0 Å².